The molecular formula is C21H19N3O4S. The van der Waals surface area contributed by atoms with E-state index in [1.165, 1.54) is 11.4 Å². The lowest BCUT2D eigenvalue weighted by Crippen LogP contribution is -2.37. The molecule has 8 heteroatoms. The highest BCUT2D eigenvalue weighted by molar-refractivity contribution is 7.96. The molecule has 0 aliphatic carbocycles. The molecule has 2 aliphatic rings. The van der Waals surface area contributed by atoms with E-state index in [4.69, 9.17) is 15.2 Å². The number of hydrogen-bond donors (Lipinski definition) is 1. The zero-order valence-electron chi connectivity index (χ0n) is 15.9. The Bertz CT molecular complexity index is 1190. The summed E-state index contributed by atoms with van der Waals surface area (Å²) in [5, 5.41) is 9.73. The summed E-state index contributed by atoms with van der Waals surface area (Å²) in [5.74, 6) is -0.157. The van der Waals surface area contributed by atoms with Crippen LogP contribution in [0.15, 0.2) is 64.9 Å². The number of benzene rings is 2. The molecule has 2 heterocycles. The van der Waals surface area contributed by atoms with E-state index in [1.54, 1.807) is 48.5 Å². The van der Waals surface area contributed by atoms with Gasteiger partial charge in [-0.15, -0.1) is 0 Å². The van der Waals surface area contributed by atoms with Crippen LogP contribution in [0, 0.1) is 11.3 Å². The maximum absolute atomic E-state index is 13.4. The molecule has 0 unspecified atom stereocenters. The van der Waals surface area contributed by atoms with Crippen molar-refractivity contribution in [3.05, 3.63) is 76.0 Å². The topological polar surface area (TPSA) is 106 Å². The lowest BCUT2D eigenvalue weighted by atomic mass is 9.88. The highest BCUT2D eigenvalue weighted by Gasteiger charge is 2.46. The van der Waals surface area contributed by atoms with Gasteiger partial charge in [0.1, 0.15) is 22.3 Å². The minimum Gasteiger partial charge on any atom is -0.494 e. The van der Waals surface area contributed by atoms with Crippen molar-refractivity contribution in [2.75, 3.05) is 18.0 Å². The van der Waals surface area contributed by atoms with E-state index < -0.39 is 15.9 Å². The minimum atomic E-state index is -3.94. The maximum atomic E-state index is 13.4. The number of allylic oxidation sites excluding steroid dienone is 2. The standard InChI is InChI=1S/C21H19N3O4S/c1-3-27-14-10-8-13(9-11-14)18-16(12-22)21(23)28-19-15-6-4-5-7-17(15)24(2)29(25,26)20(18)19/h4-11,18H,3,23H2,1-2H3/t18-/m0/s1. The molecule has 2 aromatic rings. The van der Waals surface area contributed by atoms with E-state index in [9.17, 15) is 13.7 Å². The van der Waals surface area contributed by atoms with Crippen LogP contribution in [-0.2, 0) is 14.8 Å². The number of anilines is 1. The molecule has 148 valence electrons. The molecule has 0 spiro atoms. The Morgan fingerprint density at radius 1 is 1.21 bits per heavy atom. The molecule has 0 bridgehead atoms. The van der Waals surface area contributed by atoms with Gasteiger partial charge in [-0.25, -0.2) is 8.42 Å². The molecule has 0 aromatic heterocycles. The van der Waals surface area contributed by atoms with Crippen molar-refractivity contribution >= 4 is 21.5 Å². The van der Waals surface area contributed by atoms with E-state index in [0.717, 1.165) is 0 Å². The number of fused-ring (bicyclic) bond motifs is 2. The molecule has 0 fully saturated rings. The van der Waals surface area contributed by atoms with Crippen LogP contribution in [0.2, 0.25) is 0 Å². The number of rotatable bonds is 3. The van der Waals surface area contributed by atoms with Crippen LogP contribution >= 0.6 is 0 Å². The molecule has 2 N–H and O–H groups in total. The maximum Gasteiger partial charge on any atom is 0.264 e. The Kier molecular flexibility index (Phi) is 4.47. The van der Waals surface area contributed by atoms with Crippen LogP contribution in [0.5, 0.6) is 5.75 Å². The van der Waals surface area contributed by atoms with Gasteiger partial charge < -0.3 is 15.2 Å². The van der Waals surface area contributed by atoms with Crippen molar-refractivity contribution in [1.29, 1.82) is 5.26 Å². The van der Waals surface area contributed by atoms with Crippen molar-refractivity contribution in [3.63, 3.8) is 0 Å². The molecule has 0 saturated heterocycles. The van der Waals surface area contributed by atoms with Crippen molar-refractivity contribution in [1.82, 2.24) is 0 Å². The van der Waals surface area contributed by atoms with E-state index in [0.29, 0.717) is 29.2 Å². The Morgan fingerprint density at radius 3 is 2.55 bits per heavy atom. The Balaban J connectivity index is 1.98. The van der Waals surface area contributed by atoms with E-state index in [1.807, 2.05) is 13.0 Å². The quantitative estimate of drug-likeness (QED) is 0.835. The van der Waals surface area contributed by atoms with Crippen molar-refractivity contribution in [3.8, 4) is 11.8 Å². The number of ether oxygens (including phenoxy) is 2. The molecule has 2 aromatic carbocycles. The molecule has 4 rings (SSSR count). The van der Waals surface area contributed by atoms with Crippen LogP contribution in [0.1, 0.15) is 24.0 Å². The normalized spacial score (nSPS) is 19.8. The summed E-state index contributed by atoms with van der Waals surface area (Å²) in [4.78, 5) is 0.00797. The molecular weight excluding hydrogens is 390 g/mol. The van der Waals surface area contributed by atoms with Crippen LogP contribution < -0.4 is 14.8 Å². The van der Waals surface area contributed by atoms with Gasteiger partial charge in [0.05, 0.1) is 18.2 Å². The summed E-state index contributed by atoms with van der Waals surface area (Å²) < 4.78 is 39.2. The predicted molar refractivity (Wildman–Crippen MR) is 109 cm³/mol. The number of hydrogen-bond acceptors (Lipinski definition) is 6. The van der Waals surface area contributed by atoms with E-state index in [2.05, 4.69) is 0 Å². The van der Waals surface area contributed by atoms with Gasteiger partial charge in [0.15, 0.2) is 5.76 Å². The summed E-state index contributed by atoms with van der Waals surface area (Å²) >= 11 is 0. The fourth-order valence-corrected chi connectivity index (χ4v) is 5.30. The molecule has 7 nitrogen and oxygen atoms in total. The summed E-state index contributed by atoms with van der Waals surface area (Å²) in [6.07, 6.45) is 0. The van der Waals surface area contributed by atoms with Gasteiger partial charge in [-0.2, -0.15) is 5.26 Å². The largest absolute Gasteiger partial charge is 0.494 e. The lowest BCUT2D eigenvalue weighted by Gasteiger charge is -2.36. The highest BCUT2D eigenvalue weighted by atomic mass is 32.2. The second kappa shape index (κ2) is 6.87. The van der Waals surface area contributed by atoms with Crippen molar-refractivity contribution in [2.45, 2.75) is 12.8 Å². The number of nitrogens with zero attached hydrogens (tertiary/aromatic N) is 2. The van der Waals surface area contributed by atoms with Gasteiger partial charge in [-0.05, 0) is 36.8 Å². The highest BCUT2D eigenvalue weighted by Crippen LogP contribution is 2.50. The average molecular weight is 409 g/mol. The second-order valence-corrected chi connectivity index (χ2v) is 8.55. The smallest absolute Gasteiger partial charge is 0.264 e. The van der Waals surface area contributed by atoms with Crippen LogP contribution in [-0.4, -0.2) is 22.1 Å². The third-order valence-electron chi connectivity index (χ3n) is 5.02. The summed E-state index contributed by atoms with van der Waals surface area (Å²) in [5.41, 5.74) is 7.82. The first-order chi connectivity index (χ1) is 13.9. The fourth-order valence-electron chi connectivity index (χ4n) is 3.65. The fraction of sp³-hybridized carbons (Fsp3) is 0.190. The average Bonchev–Trinajstić information content (AvgIpc) is 2.72. The summed E-state index contributed by atoms with van der Waals surface area (Å²) in [6.45, 7) is 2.39. The first-order valence-corrected chi connectivity index (χ1v) is 10.5. The SMILES string of the molecule is CCOc1ccc([C@H]2C(C#N)=C(N)OC3=C2S(=O)(=O)N(C)c2ccccc23)cc1. The zero-order valence-corrected chi connectivity index (χ0v) is 16.7. The van der Waals surface area contributed by atoms with Crippen LogP contribution in [0.3, 0.4) is 0 Å². The summed E-state index contributed by atoms with van der Waals surface area (Å²) in [6, 6.07) is 16.0. The van der Waals surface area contributed by atoms with Gasteiger partial charge in [0.2, 0.25) is 5.88 Å². The van der Waals surface area contributed by atoms with E-state index in [-0.39, 0.29) is 22.1 Å². The third kappa shape index (κ3) is 2.82. The number of nitriles is 1. The Hall–Kier alpha value is -3.44. The molecule has 29 heavy (non-hydrogen) atoms. The Labute approximate surface area is 169 Å². The van der Waals surface area contributed by atoms with E-state index >= 15 is 0 Å². The summed E-state index contributed by atoms with van der Waals surface area (Å²) in [7, 11) is -2.46. The van der Waals surface area contributed by atoms with Gasteiger partial charge in [-0.1, -0.05) is 24.3 Å². The van der Waals surface area contributed by atoms with Gasteiger partial charge >= 0.3 is 0 Å². The molecule has 2 aliphatic heterocycles. The molecule has 0 saturated carbocycles. The van der Waals surface area contributed by atoms with Crippen molar-refractivity contribution < 1.29 is 17.9 Å². The number of nitrogens with two attached hydrogens (primary N) is 1. The second-order valence-electron chi connectivity index (χ2n) is 6.61. The minimum absolute atomic E-state index is 0.00797. The third-order valence-corrected chi connectivity index (χ3v) is 6.92. The molecule has 0 radical (unpaired) electrons. The number of sulfonamides is 1. The first-order valence-electron chi connectivity index (χ1n) is 9.03. The van der Waals surface area contributed by atoms with Crippen LogP contribution in [0.25, 0.3) is 5.76 Å². The van der Waals surface area contributed by atoms with Gasteiger partial charge in [0, 0.05) is 12.6 Å². The van der Waals surface area contributed by atoms with Crippen LogP contribution in [0.4, 0.5) is 5.69 Å². The lowest BCUT2D eigenvalue weighted by molar-refractivity contribution is 0.340. The Morgan fingerprint density at radius 2 is 1.90 bits per heavy atom. The molecule has 0 amide bonds. The first kappa shape index (κ1) is 18.9. The van der Waals surface area contributed by atoms with Gasteiger partial charge in [-0.3, -0.25) is 4.31 Å². The number of para-hydroxylation sites is 1. The monoisotopic (exact) mass is 409 g/mol. The van der Waals surface area contributed by atoms with Gasteiger partial charge in [0.25, 0.3) is 10.0 Å². The zero-order chi connectivity index (χ0) is 20.8. The molecule has 1 atom stereocenters. The van der Waals surface area contributed by atoms with Crippen molar-refractivity contribution in [2.24, 2.45) is 5.73 Å². The predicted octanol–water partition coefficient (Wildman–Crippen LogP) is 3.04.